The summed E-state index contributed by atoms with van der Waals surface area (Å²) in [7, 11) is -4.50. The molecule has 0 saturated heterocycles. The van der Waals surface area contributed by atoms with Crippen molar-refractivity contribution in [2.75, 3.05) is 11.9 Å². The van der Waals surface area contributed by atoms with Crippen LogP contribution in [-0.2, 0) is 16.5 Å². The van der Waals surface area contributed by atoms with Crippen LogP contribution in [-0.4, -0.2) is 30.6 Å². The molecular weight excluding hydrogens is 565 g/mol. The minimum atomic E-state index is -4.50. The molecule has 12 heteroatoms. The van der Waals surface area contributed by atoms with E-state index in [4.69, 9.17) is 27.9 Å². The van der Waals surface area contributed by atoms with Gasteiger partial charge in [0.05, 0.1) is 27.8 Å². The predicted molar refractivity (Wildman–Crippen MR) is 151 cm³/mol. The summed E-state index contributed by atoms with van der Waals surface area (Å²) >= 11 is 12.6. The van der Waals surface area contributed by atoms with Crippen LogP contribution in [0.15, 0.2) is 75.8 Å². The number of amides is 1. The van der Waals surface area contributed by atoms with Crippen molar-refractivity contribution in [3.05, 3.63) is 81.8 Å². The first kappa shape index (κ1) is 28.3. The van der Waals surface area contributed by atoms with E-state index < -0.39 is 21.8 Å². The third-order valence-corrected chi connectivity index (χ3v) is 7.43. The van der Waals surface area contributed by atoms with Gasteiger partial charge in [-0.3, -0.25) is 9.35 Å². The van der Waals surface area contributed by atoms with Gasteiger partial charge in [-0.15, -0.1) is 10.2 Å². The average Bonchev–Trinajstić information content (AvgIpc) is 2.90. The van der Waals surface area contributed by atoms with Crippen molar-refractivity contribution < 1.29 is 27.6 Å². The molecule has 0 atom stereocenters. The Balaban J connectivity index is 1.79. The quantitative estimate of drug-likeness (QED) is 0.142. The summed E-state index contributed by atoms with van der Waals surface area (Å²) in [5.41, 5.74) is 0.604. The van der Waals surface area contributed by atoms with Gasteiger partial charge in [0.2, 0.25) is 0 Å². The second-order valence-electron chi connectivity index (χ2n) is 8.29. The first-order valence-electron chi connectivity index (χ1n) is 11.7. The van der Waals surface area contributed by atoms with E-state index in [2.05, 4.69) is 15.5 Å². The summed E-state index contributed by atoms with van der Waals surface area (Å²) in [5, 5.41) is 23.4. The average molecular weight is 588 g/mol. The summed E-state index contributed by atoms with van der Waals surface area (Å²) in [6.07, 6.45) is 0.270. The number of aromatic hydroxyl groups is 1. The summed E-state index contributed by atoms with van der Waals surface area (Å²) in [6, 6.07) is 15.9. The number of anilines is 1. The number of phenolic OH excluding ortho intramolecular Hbond substituents is 1. The first-order valence-corrected chi connectivity index (χ1v) is 13.9. The van der Waals surface area contributed by atoms with Gasteiger partial charge in [0.15, 0.2) is 5.75 Å². The van der Waals surface area contributed by atoms with Crippen LogP contribution < -0.4 is 10.1 Å². The van der Waals surface area contributed by atoms with Crippen molar-refractivity contribution in [2.45, 2.75) is 25.2 Å². The molecule has 0 heterocycles. The molecule has 0 spiro atoms. The van der Waals surface area contributed by atoms with Gasteiger partial charge in [0.1, 0.15) is 22.1 Å². The second-order valence-corrected chi connectivity index (χ2v) is 10.5. The Morgan fingerprint density at radius 3 is 2.46 bits per heavy atom. The Hall–Kier alpha value is -3.70. The number of nitrogens with one attached hydrogen (secondary N) is 1. The van der Waals surface area contributed by atoms with Crippen molar-refractivity contribution in [3.63, 3.8) is 0 Å². The molecule has 0 aliphatic carbocycles. The van der Waals surface area contributed by atoms with Crippen LogP contribution in [0.5, 0.6) is 11.5 Å². The maximum atomic E-state index is 13.3. The molecule has 0 unspecified atom stereocenters. The molecule has 202 valence electrons. The lowest BCUT2D eigenvalue weighted by atomic mass is 10.0. The SMILES string of the molecule is CCOc1cccc(NC(=O)c2cc3ccccc3c(N=Nc3cc(CC)c(S(=O)(=O)O)cc3Cl)c2O)c1Cl. The lowest BCUT2D eigenvalue weighted by molar-refractivity contribution is 0.102. The lowest BCUT2D eigenvalue weighted by Crippen LogP contribution is -2.13. The van der Waals surface area contributed by atoms with E-state index in [0.29, 0.717) is 28.8 Å². The van der Waals surface area contributed by atoms with Gasteiger partial charge in [0, 0.05) is 5.39 Å². The number of azo groups is 1. The Morgan fingerprint density at radius 2 is 1.77 bits per heavy atom. The van der Waals surface area contributed by atoms with E-state index in [9.17, 15) is 22.9 Å². The smallest absolute Gasteiger partial charge is 0.294 e. The molecule has 9 nitrogen and oxygen atoms in total. The highest BCUT2D eigenvalue weighted by atomic mass is 35.5. The third-order valence-electron chi connectivity index (χ3n) is 5.80. The molecule has 0 radical (unpaired) electrons. The van der Waals surface area contributed by atoms with Crippen molar-refractivity contribution in [3.8, 4) is 11.5 Å². The normalized spacial score (nSPS) is 11.7. The van der Waals surface area contributed by atoms with Crippen LogP contribution in [0.1, 0.15) is 29.8 Å². The lowest BCUT2D eigenvalue weighted by Gasteiger charge is -2.13. The predicted octanol–water partition coefficient (Wildman–Crippen LogP) is 7.73. The molecule has 0 bridgehead atoms. The van der Waals surface area contributed by atoms with Gasteiger partial charge < -0.3 is 15.2 Å². The number of nitrogens with zero attached hydrogens (tertiary/aromatic N) is 2. The zero-order chi connectivity index (χ0) is 28.3. The molecule has 0 aliphatic heterocycles. The van der Waals surface area contributed by atoms with Crippen LogP contribution >= 0.6 is 23.2 Å². The van der Waals surface area contributed by atoms with Crippen LogP contribution in [0.3, 0.4) is 0 Å². The third kappa shape index (κ3) is 5.99. The second kappa shape index (κ2) is 11.6. The molecule has 0 aliphatic rings. The molecule has 4 aromatic carbocycles. The van der Waals surface area contributed by atoms with E-state index in [1.807, 2.05) is 6.92 Å². The number of aryl methyl sites for hydroxylation is 1. The number of halogens is 2. The molecule has 0 fully saturated rings. The fourth-order valence-corrected chi connectivity index (χ4v) is 5.23. The molecule has 4 rings (SSSR count). The van der Waals surface area contributed by atoms with Gasteiger partial charge in [-0.25, -0.2) is 0 Å². The van der Waals surface area contributed by atoms with Crippen LogP contribution in [0.4, 0.5) is 17.1 Å². The largest absolute Gasteiger partial charge is 0.505 e. The highest BCUT2D eigenvalue weighted by molar-refractivity contribution is 7.85. The monoisotopic (exact) mass is 587 g/mol. The number of rotatable bonds is 8. The maximum absolute atomic E-state index is 13.3. The van der Waals surface area contributed by atoms with Crippen molar-refractivity contribution in [1.82, 2.24) is 0 Å². The standard InChI is InChI=1S/C27H23Cl2N3O6S/c1-3-15-13-21(19(28)14-23(15)39(35,36)37)31-32-25-17-9-6-5-8-16(17)12-18(26(25)33)27(34)30-20-10-7-11-22(24(20)29)38-4-2/h5-14,33H,3-4H2,1-2H3,(H,30,34)(H,35,36,37). The molecule has 3 N–H and O–H groups in total. The van der Waals surface area contributed by atoms with Crippen molar-refractivity contribution in [2.24, 2.45) is 10.2 Å². The maximum Gasteiger partial charge on any atom is 0.294 e. The van der Waals surface area contributed by atoms with Crippen LogP contribution in [0.25, 0.3) is 10.8 Å². The van der Waals surface area contributed by atoms with E-state index in [-0.39, 0.29) is 43.9 Å². The molecule has 0 aromatic heterocycles. The Kier molecular flexibility index (Phi) is 8.41. The Morgan fingerprint density at radius 1 is 1.03 bits per heavy atom. The summed E-state index contributed by atoms with van der Waals surface area (Å²) < 4.78 is 38.4. The number of benzene rings is 4. The first-order chi connectivity index (χ1) is 18.5. The Labute approximate surface area is 234 Å². The molecule has 1 amide bonds. The van der Waals surface area contributed by atoms with E-state index in [0.717, 1.165) is 6.07 Å². The number of carbonyl (C=O) groups is 1. The summed E-state index contributed by atoms with van der Waals surface area (Å²) in [4.78, 5) is 12.9. The topological polar surface area (TPSA) is 138 Å². The number of fused-ring (bicyclic) bond motifs is 1. The van der Waals surface area contributed by atoms with Crippen molar-refractivity contribution >= 4 is 67.1 Å². The molecule has 4 aromatic rings. The zero-order valence-corrected chi connectivity index (χ0v) is 23.1. The van der Waals surface area contributed by atoms with Gasteiger partial charge in [-0.1, -0.05) is 60.5 Å². The summed E-state index contributed by atoms with van der Waals surface area (Å²) in [5.74, 6) is -0.681. The van der Waals surface area contributed by atoms with Crippen molar-refractivity contribution in [1.29, 1.82) is 0 Å². The van der Waals surface area contributed by atoms with Gasteiger partial charge in [0.25, 0.3) is 16.0 Å². The van der Waals surface area contributed by atoms with E-state index in [1.54, 1.807) is 49.4 Å². The highest BCUT2D eigenvalue weighted by Gasteiger charge is 2.21. The fourth-order valence-electron chi connectivity index (χ4n) is 3.94. The minimum absolute atomic E-state index is 0.000357. The van der Waals surface area contributed by atoms with Gasteiger partial charge in [-0.2, -0.15) is 8.42 Å². The van der Waals surface area contributed by atoms with Gasteiger partial charge in [-0.05, 0) is 54.6 Å². The number of carbonyl (C=O) groups excluding carboxylic acids is 1. The number of phenols is 1. The molecule has 0 saturated carbocycles. The summed E-state index contributed by atoms with van der Waals surface area (Å²) in [6.45, 7) is 3.90. The number of hydrogen-bond donors (Lipinski definition) is 3. The highest BCUT2D eigenvalue weighted by Crippen LogP contribution is 2.41. The van der Waals surface area contributed by atoms with E-state index >= 15 is 0 Å². The van der Waals surface area contributed by atoms with Crippen LogP contribution in [0.2, 0.25) is 10.0 Å². The Bertz CT molecular complexity index is 1720. The number of hydrogen-bond acceptors (Lipinski definition) is 7. The molecule has 39 heavy (non-hydrogen) atoms. The van der Waals surface area contributed by atoms with E-state index in [1.165, 1.54) is 12.1 Å². The fraction of sp³-hybridized carbons (Fsp3) is 0.148. The zero-order valence-electron chi connectivity index (χ0n) is 20.8. The van der Waals surface area contributed by atoms with Gasteiger partial charge >= 0.3 is 0 Å². The minimum Gasteiger partial charge on any atom is -0.505 e. The van der Waals surface area contributed by atoms with Crippen LogP contribution in [0, 0.1) is 0 Å². The number of ether oxygens (including phenoxy) is 1. The molecular formula is C27H23Cl2N3O6S.